The lowest BCUT2D eigenvalue weighted by molar-refractivity contribution is -0.131. The van der Waals surface area contributed by atoms with Crippen LogP contribution >= 0.6 is 0 Å². The maximum absolute atomic E-state index is 12.9. The van der Waals surface area contributed by atoms with E-state index >= 15 is 0 Å². The van der Waals surface area contributed by atoms with Gasteiger partial charge in [0.15, 0.2) is 0 Å². The number of esters is 1. The van der Waals surface area contributed by atoms with E-state index in [0.29, 0.717) is 16.7 Å². The molecule has 152 valence electrons. The van der Waals surface area contributed by atoms with Gasteiger partial charge in [-0.1, -0.05) is 30.3 Å². The van der Waals surface area contributed by atoms with Gasteiger partial charge < -0.3 is 9.15 Å². The third kappa shape index (κ3) is 2.97. The lowest BCUT2D eigenvalue weighted by atomic mass is 9.54. The average Bonchev–Trinajstić information content (AvgIpc) is 2.72. The predicted octanol–water partition coefficient (Wildman–Crippen LogP) is 5.59. The van der Waals surface area contributed by atoms with Crippen molar-refractivity contribution in [3.05, 3.63) is 70.6 Å². The summed E-state index contributed by atoms with van der Waals surface area (Å²) in [5, 5.41) is 0.873. The zero-order valence-corrected chi connectivity index (χ0v) is 16.8. The topological polar surface area (TPSA) is 56.5 Å². The van der Waals surface area contributed by atoms with E-state index in [1.807, 2.05) is 24.3 Å². The van der Waals surface area contributed by atoms with Gasteiger partial charge in [0, 0.05) is 5.39 Å². The molecule has 4 fully saturated rings. The molecule has 4 saturated carbocycles. The predicted molar refractivity (Wildman–Crippen MR) is 114 cm³/mol. The second-order valence-electron chi connectivity index (χ2n) is 9.55. The third-order valence-corrected chi connectivity index (χ3v) is 7.36. The Kier molecular flexibility index (Phi) is 3.92. The Balaban J connectivity index is 1.25. The van der Waals surface area contributed by atoms with Crippen LogP contribution in [-0.2, 0) is 4.74 Å². The number of fused-ring (bicyclic) bond motifs is 1. The van der Waals surface area contributed by atoms with E-state index in [1.165, 1.54) is 19.3 Å². The summed E-state index contributed by atoms with van der Waals surface area (Å²) in [6, 6.07) is 16.4. The maximum atomic E-state index is 12.9. The molecule has 1 heterocycles. The maximum Gasteiger partial charge on any atom is 0.344 e. The lowest BCUT2D eigenvalue weighted by Gasteiger charge is -2.55. The molecule has 4 nitrogen and oxygen atoms in total. The molecule has 7 rings (SSSR count). The number of carbonyl (C=O) groups excluding carboxylic acids is 1. The standard InChI is InChI=1S/C26H24O4/c27-24(30-26-13-16-9-17(14-26)11-18(10-16)15-26)20-7-5-19(6-8-20)22-12-21-3-1-2-4-23(21)29-25(22)28/h1-8,12,16-18H,9-11,13-15H2. The second-order valence-corrected chi connectivity index (χ2v) is 9.55. The van der Waals surface area contributed by atoms with Gasteiger partial charge in [0.1, 0.15) is 11.2 Å². The molecule has 0 spiro atoms. The summed E-state index contributed by atoms with van der Waals surface area (Å²) in [6.45, 7) is 0. The largest absolute Gasteiger partial charge is 0.455 e. The number of hydrogen-bond donors (Lipinski definition) is 0. The van der Waals surface area contributed by atoms with E-state index in [9.17, 15) is 9.59 Å². The number of para-hydroxylation sites is 1. The van der Waals surface area contributed by atoms with Gasteiger partial charge in [0.05, 0.1) is 11.1 Å². The molecular formula is C26H24O4. The fourth-order valence-electron chi connectivity index (χ4n) is 6.46. The lowest BCUT2D eigenvalue weighted by Crippen LogP contribution is -2.52. The molecule has 0 N–H and O–H groups in total. The molecule has 4 aliphatic rings. The first kappa shape index (κ1) is 17.9. The van der Waals surface area contributed by atoms with Crippen molar-refractivity contribution < 1.29 is 13.9 Å². The molecule has 0 radical (unpaired) electrons. The van der Waals surface area contributed by atoms with Gasteiger partial charge in [0.25, 0.3) is 0 Å². The molecular weight excluding hydrogens is 376 g/mol. The van der Waals surface area contributed by atoms with Gasteiger partial charge in [-0.3, -0.25) is 0 Å². The molecule has 4 heteroatoms. The van der Waals surface area contributed by atoms with Gasteiger partial charge in [0.2, 0.25) is 0 Å². The van der Waals surface area contributed by atoms with Crippen molar-refractivity contribution in [2.24, 2.45) is 17.8 Å². The molecule has 0 atom stereocenters. The van der Waals surface area contributed by atoms with Gasteiger partial charge in [-0.2, -0.15) is 0 Å². The van der Waals surface area contributed by atoms with E-state index in [1.54, 1.807) is 30.3 Å². The van der Waals surface area contributed by atoms with Gasteiger partial charge in [-0.25, -0.2) is 9.59 Å². The van der Waals surface area contributed by atoms with Crippen LogP contribution in [-0.4, -0.2) is 11.6 Å². The van der Waals surface area contributed by atoms with E-state index < -0.39 is 0 Å². The number of rotatable bonds is 3. The van der Waals surface area contributed by atoms with Crippen molar-refractivity contribution in [2.45, 2.75) is 44.1 Å². The van der Waals surface area contributed by atoms with Crippen LogP contribution in [0, 0.1) is 17.8 Å². The number of ether oxygens (including phenoxy) is 1. The zero-order valence-electron chi connectivity index (χ0n) is 16.8. The first-order chi connectivity index (χ1) is 14.6. The summed E-state index contributed by atoms with van der Waals surface area (Å²) < 4.78 is 11.6. The quantitative estimate of drug-likeness (QED) is 0.425. The molecule has 1 aromatic heterocycles. The van der Waals surface area contributed by atoms with Crippen molar-refractivity contribution in [3.63, 3.8) is 0 Å². The van der Waals surface area contributed by atoms with Crippen LogP contribution in [0.15, 0.2) is 63.8 Å². The highest BCUT2D eigenvalue weighted by molar-refractivity contribution is 5.90. The molecule has 0 saturated heterocycles. The third-order valence-electron chi connectivity index (χ3n) is 7.36. The molecule has 0 unspecified atom stereocenters. The average molecular weight is 400 g/mol. The van der Waals surface area contributed by atoms with E-state index in [4.69, 9.17) is 9.15 Å². The number of carbonyl (C=O) groups is 1. The van der Waals surface area contributed by atoms with Crippen LogP contribution in [0.25, 0.3) is 22.1 Å². The molecule has 0 aliphatic heterocycles. The Morgan fingerprint density at radius 2 is 1.53 bits per heavy atom. The van der Waals surface area contributed by atoms with Crippen LogP contribution < -0.4 is 5.63 Å². The highest BCUT2D eigenvalue weighted by Gasteiger charge is 2.53. The minimum absolute atomic E-state index is 0.242. The van der Waals surface area contributed by atoms with Crippen molar-refractivity contribution in [2.75, 3.05) is 0 Å². The fourth-order valence-corrected chi connectivity index (χ4v) is 6.46. The first-order valence-corrected chi connectivity index (χ1v) is 10.9. The SMILES string of the molecule is O=C(OC12CC3CC(CC(C3)C1)C2)c1ccc(-c2cc3ccccc3oc2=O)cc1. The van der Waals surface area contributed by atoms with Crippen LogP contribution in [0.3, 0.4) is 0 Å². The van der Waals surface area contributed by atoms with E-state index in [2.05, 4.69) is 0 Å². The van der Waals surface area contributed by atoms with E-state index in [-0.39, 0.29) is 17.2 Å². The smallest absolute Gasteiger partial charge is 0.344 e. The van der Waals surface area contributed by atoms with E-state index in [0.717, 1.165) is 48.0 Å². The fraction of sp³-hybridized carbons (Fsp3) is 0.385. The number of benzene rings is 2. The van der Waals surface area contributed by atoms with Gasteiger partial charge in [-0.15, -0.1) is 0 Å². The first-order valence-electron chi connectivity index (χ1n) is 10.9. The van der Waals surface area contributed by atoms with Crippen LogP contribution in [0.4, 0.5) is 0 Å². The second kappa shape index (κ2) is 6.56. The Bertz CT molecular complexity index is 1150. The van der Waals surface area contributed by atoms with Crippen molar-refractivity contribution in [3.8, 4) is 11.1 Å². The van der Waals surface area contributed by atoms with Crippen LogP contribution in [0.1, 0.15) is 48.9 Å². The van der Waals surface area contributed by atoms with Gasteiger partial charge >= 0.3 is 11.6 Å². The Morgan fingerprint density at radius 1 is 0.900 bits per heavy atom. The minimum atomic E-state index is -0.377. The summed E-state index contributed by atoms with van der Waals surface area (Å²) in [5.74, 6) is 1.96. The summed E-state index contributed by atoms with van der Waals surface area (Å²) in [7, 11) is 0. The molecule has 4 bridgehead atoms. The Labute approximate surface area is 174 Å². The van der Waals surface area contributed by atoms with Crippen molar-refractivity contribution >= 4 is 16.9 Å². The summed E-state index contributed by atoms with van der Waals surface area (Å²) >= 11 is 0. The molecule has 0 amide bonds. The zero-order chi connectivity index (χ0) is 20.3. The molecule has 2 aromatic carbocycles. The minimum Gasteiger partial charge on any atom is -0.455 e. The van der Waals surface area contributed by atoms with Gasteiger partial charge in [-0.05, 0) is 86.1 Å². The summed E-state index contributed by atoms with van der Waals surface area (Å²) in [4.78, 5) is 25.3. The summed E-state index contributed by atoms with van der Waals surface area (Å²) in [5.41, 5.74) is 1.72. The van der Waals surface area contributed by atoms with Crippen molar-refractivity contribution in [1.82, 2.24) is 0 Å². The van der Waals surface area contributed by atoms with Crippen molar-refractivity contribution in [1.29, 1.82) is 0 Å². The van der Waals surface area contributed by atoms with Crippen LogP contribution in [0.5, 0.6) is 0 Å². The highest BCUT2D eigenvalue weighted by atomic mass is 16.6. The molecule has 3 aromatic rings. The molecule has 30 heavy (non-hydrogen) atoms. The Morgan fingerprint density at radius 3 is 2.20 bits per heavy atom. The highest BCUT2D eigenvalue weighted by Crippen LogP contribution is 2.57. The number of hydrogen-bond acceptors (Lipinski definition) is 4. The Hall–Kier alpha value is -2.88. The molecule has 4 aliphatic carbocycles. The monoisotopic (exact) mass is 400 g/mol. The normalized spacial score (nSPS) is 29.3. The van der Waals surface area contributed by atoms with Crippen LogP contribution in [0.2, 0.25) is 0 Å². The summed E-state index contributed by atoms with van der Waals surface area (Å²) in [6.07, 6.45) is 7.04.